The van der Waals surface area contributed by atoms with Crippen LogP contribution in [0.15, 0.2) is 11.2 Å². The van der Waals surface area contributed by atoms with Gasteiger partial charge < -0.3 is 14.5 Å². The second-order valence-corrected chi connectivity index (χ2v) is 4.44. The fourth-order valence-electron chi connectivity index (χ4n) is 2.47. The van der Waals surface area contributed by atoms with E-state index in [1.807, 2.05) is 17.6 Å². The summed E-state index contributed by atoms with van der Waals surface area (Å²) in [5, 5.41) is 12.3. The Morgan fingerprint density at radius 1 is 1.56 bits per heavy atom. The molecule has 0 bridgehead atoms. The standard InChI is InChI=1S/C13H18N2O3/c1-3-18-13(16)8-15-9(2)7-10-11(14-17)5-4-6-12(10)15/h7,17H,3-6,8H2,1-2H3/b14-11-. The zero-order chi connectivity index (χ0) is 13.1. The van der Waals surface area contributed by atoms with Gasteiger partial charge in [0.25, 0.3) is 0 Å². The van der Waals surface area contributed by atoms with Gasteiger partial charge in [0, 0.05) is 17.0 Å². The molecule has 0 fully saturated rings. The van der Waals surface area contributed by atoms with Crippen molar-refractivity contribution in [1.82, 2.24) is 4.57 Å². The minimum Gasteiger partial charge on any atom is -0.465 e. The van der Waals surface area contributed by atoms with E-state index in [0.717, 1.165) is 36.2 Å². The lowest BCUT2D eigenvalue weighted by atomic mass is 9.96. The molecule has 1 aromatic rings. The topological polar surface area (TPSA) is 63.8 Å². The summed E-state index contributed by atoms with van der Waals surface area (Å²) in [4.78, 5) is 11.6. The van der Waals surface area contributed by atoms with Gasteiger partial charge in [0.05, 0.1) is 12.3 Å². The molecule has 0 aliphatic heterocycles. The van der Waals surface area contributed by atoms with Crippen molar-refractivity contribution < 1.29 is 14.7 Å². The van der Waals surface area contributed by atoms with Gasteiger partial charge in [-0.05, 0) is 39.2 Å². The number of nitrogens with zero attached hydrogens (tertiary/aromatic N) is 2. The number of hydrogen-bond donors (Lipinski definition) is 1. The van der Waals surface area contributed by atoms with E-state index in [0.29, 0.717) is 12.3 Å². The molecule has 0 spiro atoms. The van der Waals surface area contributed by atoms with Crippen molar-refractivity contribution in [3.05, 3.63) is 23.0 Å². The predicted molar refractivity (Wildman–Crippen MR) is 67.1 cm³/mol. The molecule has 0 saturated carbocycles. The van der Waals surface area contributed by atoms with Crippen LogP contribution in [0.4, 0.5) is 0 Å². The summed E-state index contributed by atoms with van der Waals surface area (Å²) >= 11 is 0. The number of carbonyl (C=O) groups excluding carboxylic acids is 1. The van der Waals surface area contributed by atoms with Crippen LogP contribution >= 0.6 is 0 Å². The molecular weight excluding hydrogens is 232 g/mol. The van der Waals surface area contributed by atoms with E-state index in [2.05, 4.69) is 5.16 Å². The Balaban J connectivity index is 2.32. The first-order chi connectivity index (χ1) is 8.67. The molecular formula is C13H18N2O3. The van der Waals surface area contributed by atoms with E-state index in [1.54, 1.807) is 6.92 Å². The van der Waals surface area contributed by atoms with Crippen LogP contribution in [0.1, 0.15) is 36.7 Å². The molecule has 1 aromatic heterocycles. The van der Waals surface area contributed by atoms with E-state index in [9.17, 15) is 4.79 Å². The minimum atomic E-state index is -0.230. The summed E-state index contributed by atoms with van der Waals surface area (Å²) in [6.07, 6.45) is 2.63. The molecule has 18 heavy (non-hydrogen) atoms. The second-order valence-electron chi connectivity index (χ2n) is 4.44. The van der Waals surface area contributed by atoms with E-state index in [-0.39, 0.29) is 12.5 Å². The largest absolute Gasteiger partial charge is 0.465 e. The van der Waals surface area contributed by atoms with Gasteiger partial charge in [-0.1, -0.05) is 5.16 Å². The number of ether oxygens (including phenoxy) is 1. The van der Waals surface area contributed by atoms with Crippen LogP contribution in [0.2, 0.25) is 0 Å². The van der Waals surface area contributed by atoms with Crippen molar-refractivity contribution in [3.8, 4) is 0 Å². The molecule has 1 N–H and O–H groups in total. The number of esters is 1. The fourth-order valence-corrected chi connectivity index (χ4v) is 2.47. The Bertz CT molecular complexity index is 489. The molecule has 0 aromatic carbocycles. The highest BCUT2D eigenvalue weighted by Crippen LogP contribution is 2.25. The molecule has 0 amide bonds. The van der Waals surface area contributed by atoms with Crippen molar-refractivity contribution in [1.29, 1.82) is 0 Å². The molecule has 5 heteroatoms. The Morgan fingerprint density at radius 3 is 3.00 bits per heavy atom. The normalized spacial score (nSPS) is 16.7. The fraction of sp³-hybridized carbons (Fsp3) is 0.538. The lowest BCUT2D eigenvalue weighted by Crippen LogP contribution is -2.19. The van der Waals surface area contributed by atoms with Crippen LogP contribution in [0, 0.1) is 6.92 Å². The van der Waals surface area contributed by atoms with Gasteiger partial charge in [-0.25, -0.2) is 0 Å². The lowest BCUT2D eigenvalue weighted by Gasteiger charge is -2.16. The van der Waals surface area contributed by atoms with Crippen LogP contribution in [0.3, 0.4) is 0 Å². The Kier molecular flexibility index (Phi) is 3.69. The maximum absolute atomic E-state index is 11.6. The van der Waals surface area contributed by atoms with E-state index in [1.165, 1.54) is 0 Å². The third kappa shape index (κ3) is 2.25. The highest BCUT2D eigenvalue weighted by atomic mass is 16.5. The quantitative estimate of drug-likeness (QED) is 0.506. The Labute approximate surface area is 106 Å². The number of aryl methyl sites for hydroxylation is 1. The van der Waals surface area contributed by atoms with Crippen LogP contribution in [-0.4, -0.2) is 28.1 Å². The molecule has 0 saturated heterocycles. The number of rotatable bonds is 3. The lowest BCUT2D eigenvalue weighted by molar-refractivity contribution is -0.143. The summed E-state index contributed by atoms with van der Waals surface area (Å²) in [5.41, 5.74) is 3.74. The molecule has 0 atom stereocenters. The first-order valence-corrected chi connectivity index (χ1v) is 6.23. The third-order valence-electron chi connectivity index (χ3n) is 3.27. The van der Waals surface area contributed by atoms with Crippen molar-refractivity contribution in [2.24, 2.45) is 5.16 Å². The van der Waals surface area contributed by atoms with Crippen molar-refractivity contribution in [3.63, 3.8) is 0 Å². The molecule has 0 radical (unpaired) electrons. The third-order valence-corrected chi connectivity index (χ3v) is 3.27. The highest BCUT2D eigenvalue weighted by Gasteiger charge is 2.22. The first-order valence-electron chi connectivity index (χ1n) is 6.23. The number of hydrogen-bond acceptors (Lipinski definition) is 4. The van der Waals surface area contributed by atoms with Crippen molar-refractivity contribution in [2.75, 3.05) is 6.61 Å². The number of aromatic nitrogens is 1. The van der Waals surface area contributed by atoms with Crippen LogP contribution in [-0.2, 0) is 22.5 Å². The van der Waals surface area contributed by atoms with Crippen molar-refractivity contribution >= 4 is 11.7 Å². The average molecular weight is 250 g/mol. The molecule has 1 aliphatic rings. The smallest absolute Gasteiger partial charge is 0.325 e. The summed E-state index contributed by atoms with van der Waals surface area (Å²) in [6, 6.07) is 1.97. The molecule has 5 nitrogen and oxygen atoms in total. The molecule has 1 heterocycles. The number of carbonyl (C=O) groups is 1. The van der Waals surface area contributed by atoms with Crippen LogP contribution in [0.5, 0.6) is 0 Å². The predicted octanol–water partition coefficient (Wildman–Crippen LogP) is 1.87. The Hall–Kier alpha value is -1.78. The molecule has 98 valence electrons. The zero-order valence-electron chi connectivity index (χ0n) is 10.8. The zero-order valence-corrected chi connectivity index (χ0v) is 10.8. The van der Waals surface area contributed by atoms with Crippen LogP contribution < -0.4 is 0 Å². The molecule has 1 aliphatic carbocycles. The van der Waals surface area contributed by atoms with E-state index >= 15 is 0 Å². The highest BCUT2D eigenvalue weighted by molar-refractivity contribution is 6.02. The van der Waals surface area contributed by atoms with E-state index < -0.39 is 0 Å². The maximum atomic E-state index is 11.6. The SMILES string of the molecule is CCOC(=O)Cn1c(C)cc2c1CCC/C2=N/O. The summed E-state index contributed by atoms with van der Waals surface area (Å²) < 4.78 is 6.93. The van der Waals surface area contributed by atoms with Gasteiger partial charge in [-0.2, -0.15) is 0 Å². The number of fused-ring (bicyclic) bond motifs is 1. The van der Waals surface area contributed by atoms with E-state index in [4.69, 9.17) is 9.94 Å². The minimum absolute atomic E-state index is 0.230. The van der Waals surface area contributed by atoms with Gasteiger partial charge in [0.1, 0.15) is 6.54 Å². The van der Waals surface area contributed by atoms with Gasteiger partial charge in [0.2, 0.25) is 0 Å². The van der Waals surface area contributed by atoms with Gasteiger partial charge in [0.15, 0.2) is 0 Å². The monoisotopic (exact) mass is 250 g/mol. The number of oxime groups is 1. The van der Waals surface area contributed by atoms with Gasteiger partial charge in [-0.15, -0.1) is 0 Å². The maximum Gasteiger partial charge on any atom is 0.325 e. The van der Waals surface area contributed by atoms with Gasteiger partial charge >= 0.3 is 5.97 Å². The van der Waals surface area contributed by atoms with Gasteiger partial charge in [-0.3, -0.25) is 4.79 Å². The van der Waals surface area contributed by atoms with Crippen LogP contribution in [0.25, 0.3) is 0 Å². The summed E-state index contributed by atoms with van der Waals surface area (Å²) in [5.74, 6) is -0.230. The molecule has 2 rings (SSSR count). The average Bonchev–Trinajstić information content (AvgIpc) is 2.66. The first kappa shape index (κ1) is 12.7. The molecule has 0 unspecified atom stereocenters. The van der Waals surface area contributed by atoms with Crippen molar-refractivity contribution in [2.45, 2.75) is 39.7 Å². The summed E-state index contributed by atoms with van der Waals surface area (Å²) in [6.45, 7) is 4.37. The summed E-state index contributed by atoms with van der Waals surface area (Å²) in [7, 11) is 0. The Morgan fingerprint density at radius 2 is 2.33 bits per heavy atom. The second kappa shape index (κ2) is 5.25.